The van der Waals surface area contributed by atoms with Gasteiger partial charge in [-0.2, -0.15) is 5.10 Å². The number of nitrogens with zero attached hydrogens (tertiary/aromatic N) is 1. The van der Waals surface area contributed by atoms with Crippen molar-refractivity contribution in [2.45, 2.75) is 25.3 Å². The monoisotopic (exact) mass is 179 g/mol. The molecule has 70 valence electrons. The minimum atomic E-state index is 0.356. The number of nitrogens with one attached hydrogen (secondary N) is 2. The number of carbonyl (C=O) groups excluding carboxylic acids is 1. The van der Waals surface area contributed by atoms with Crippen molar-refractivity contribution in [1.82, 2.24) is 15.5 Å². The summed E-state index contributed by atoms with van der Waals surface area (Å²) in [4.78, 5) is 10.4. The Morgan fingerprint density at radius 1 is 1.54 bits per heavy atom. The van der Waals surface area contributed by atoms with Gasteiger partial charge >= 0.3 is 0 Å². The van der Waals surface area contributed by atoms with E-state index in [0.29, 0.717) is 11.7 Å². The molecule has 4 heteroatoms. The lowest BCUT2D eigenvalue weighted by Gasteiger charge is -2.21. The van der Waals surface area contributed by atoms with Gasteiger partial charge < -0.3 is 5.32 Å². The largest absolute Gasteiger partial charge is 0.309 e. The van der Waals surface area contributed by atoms with Crippen molar-refractivity contribution < 1.29 is 4.79 Å². The zero-order valence-electron chi connectivity index (χ0n) is 7.42. The van der Waals surface area contributed by atoms with Gasteiger partial charge in [-0.15, -0.1) is 0 Å². The van der Waals surface area contributed by atoms with Gasteiger partial charge in [-0.3, -0.25) is 9.89 Å². The number of rotatable bonds is 2. The van der Waals surface area contributed by atoms with Gasteiger partial charge in [0.25, 0.3) is 0 Å². The van der Waals surface area contributed by atoms with Crippen LogP contribution in [0.2, 0.25) is 0 Å². The van der Waals surface area contributed by atoms with Gasteiger partial charge in [-0.05, 0) is 25.5 Å². The van der Waals surface area contributed by atoms with Crippen LogP contribution < -0.4 is 5.32 Å². The summed E-state index contributed by atoms with van der Waals surface area (Å²) in [5, 5.41) is 10.1. The molecular formula is C9H13N3O. The van der Waals surface area contributed by atoms with Gasteiger partial charge in [0, 0.05) is 6.04 Å². The Bertz CT molecular complexity index is 289. The average Bonchev–Trinajstić information content (AvgIpc) is 2.67. The second kappa shape index (κ2) is 3.70. The van der Waals surface area contributed by atoms with Crippen LogP contribution in [-0.2, 0) is 0 Å². The van der Waals surface area contributed by atoms with Crippen LogP contribution in [0.4, 0.5) is 0 Å². The van der Waals surface area contributed by atoms with Gasteiger partial charge in [0.2, 0.25) is 0 Å². The van der Waals surface area contributed by atoms with E-state index in [4.69, 9.17) is 0 Å². The van der Waals surface area contributed by atoms with Crippen molar-refractivity contribution in [3.8, 4) is 0 Å². The molecule has 0 aliphatic carbocycles. The summed E-state index contributed by atoms with van der Waals surface area (Å²) in [6, 6.07) is 2.17. The van der Waals surface area contributed by atoms with Gasteiger partial charge in [0.1, 0.15) is 5.69 Å². The first kappa shape index (κ1) is 8.44. The molecule has 0 bridgehead atoms. The first-order chi connectivity index (χ1) is 6.40. The number of H-pyrrole nitrogens is 1. The van der Waals surface area contributed by atoms with Crippen LogP contribution in [0.1, 0.15) is 41.5 Å². The normalized spacial score (nSPS) is 22.9. The average molecular weight is 179 g/mol. The summed E-state index contributed by atoms with van der Waals surface area (Å²) in [7, 11) is 0. The molecule has 1 aromatic rings. The molecule has 0 aromatic carbocycles. The van der Waals surface area contributed by atoms with E-state index in [9.17, 15) is 4.79 Å². The zero-order chi connectivity index (χ0) is 9.10. The van der Waals surface area contributed by atoms with Gasteiger partial charge in [0.05, 0.1) is 5.69 Å². The fourth-order valence-electron chi connectivity index (χ4n) is 1.71. The minimum absolute atomic E-state index is 0.356. The molecule has 1 saturated heterocycles. The summed E-state index contributed by atoms with van der Waals surface area (Å²) in [5.41, 5.74) is 1.52. The van der Waals surface area contributed by atoms with Crippen LogP contribution >= 0.6 is 0 Å². The molecule has 1 aliphatic heterocycles. The summed E-state index contributed by atoms with van der Waals surface area (Å²) in [5.74, 6) is 0. The Hall–Kier alpha value is -1.16. The van der Waals surface area contributed by atoms with E-state index in [1.807, 2.05) is 6.07 Å². The van der Waals surface area contributed by atoms with E-state index in [-0.39, 0.29) is 0 Å². The zero-order valence-corrected chi connectivity index (χ0v) is 7.42. The van der Waals surface area contributed by atoms with Crippen LogP contribution in [0.15, 0.2) is 6.07 Å². The molecule has 0 radical (unpaired) electrons. The molecule has 1 aromatic heterocycles. The molecule has 1 atom stereocenters. The Labute approximate surface area is 76.7 Å². The van der Waals surface area contributed by atoms with Crippen LogP contribution in [0.3, 0.4) is 0 Å². The first-order valence-corrected chi connectivity index (χ1v) is 4.64. The molecule has 2 heterocycles. The molecule has 0 spiro atoms. The fourth-order valence-corrected chi connectivity index (χ4v) is 1.71. The summed E-state index contributed by atoms with van der Waals surface area (Å²) >= 11 is 0. The second-order valence-electron chi connectivity index (χ2n) is 3.37. The molecule has 1 unspecified atom stereocenters. The van der Waals surface area contributed by atoms with Crippen LogP contribution in [-0.4, -0.2) is 23.0 Å². The Kier molecular flexibility index (Phi) is 2.40. The number of aromatic nitrogens is 2. The number of piperidine rings is 1. The molecule has 0 saturated carbocycles. The molecule has 1 fully saturated rings. The molecular weight excluding hydrogens is 166 g/mol. The Morgan fingerprint density at radius 3 is 3.08 bits per heavy atom. The van der Waals surface area contributed by atoms with E-state index >= 15 is 0 Å². The van der Waals surface area contributed by atoms with E-state index in [2.05, 4.69) is 15.5 Å². The highest BCUT2D eigenvalue weighted by molar-refractivity contribution is 5.71. The highest BCUT2D eigenvalue weighted by Gasteiger charge is 2.16. The standard InChI is InChI=1S/C9H13N3O/c13-6-7-5-9(12-11-7)8-3-1-2-4-10-8/h5-6,8,10H,1-4H2,(H,11,12). The first-order valence-electron chi connectivity index (χ1n) is 4.64. The number of aromatic amines is 1. The quantitative estimate of drug-likeness (QED) is 0.667. The van der Waals surface area contributed by atoms with Crippen molar-refractivity contribution in [2.24, 2.45) is 0 Å². The molecule has 2 rings (SSSR count). The molecule has 1 aliphatic rings. The second-order valence-corrected chi connectivity index (χ2v) is 3.37. The van der Waals surface area contributed by atoms with E-state index in [0.717, 1.165) is 24.9 Å². The van der Waals surface area contributed by atoms with Crippen molar-refractivity contribution in [2.75, 3.05) is 6.54 Å². The maximum Gasteiger partial charge on any atom is 0.170 e. The Morgan fingerprint density at radius 2 is 2.46 bits per heavy atom. The number of hydrogen-bond donors (Lipinski definition) is 2. The maximum absolute atomic E-state index is 10.4. The summed E-state index contributed by atoms with van der Waals surface area (Å²) < 4.78 is 0. The van der Waals surface area contributed by atoms with Gasteiger partial charge in [-0.25, -0.2) is 0 Å². The third-order valence-corrected chi connectivity index (χ3v) is 2.42. The molecule has 0 amide bonds. The van der Waals surface area contributed by atoms with Crippen LogP contribution in [0.5, 0.6) is 0 Å². The third-order valence-electron chi connectivity index (χ3n) is 2.42. The van der Waals surface area contributed by atoms with Gasteiger partial charge in [-0.1, -0.05) is 6.42 Å². The molecule has 4 nitrogen and oxygen atoms in total. The molecule has 2 N–H and O–H groups in total. The smallest absolute Gasteiger partial charge is 0.170 e. The number of hydrogen-bond acceptors (Lipinski definition) is 3. The predicted molar refractivity (Wildman–Crippen MR) is 48.6 cm³/mol. The van der Waals surface area contributed by atoms with E-state index in [1.54, 1.807) is 0 Å². The number of carbonyl (C=O) groups is 1. The lowest BCUT2D eigenvalue weighted by atomic mass is 10.0. The SMILES string of the molecule is O=Cc1cc(C2CCCCN2)[nH]n1. The van der Waals surface area contributed by atoms with Crippen molar-refractivity contribution in [3.63, 3.8) is 0 Å². The maximum atomic E-state index is 10.4. The van der Waals surface area contributed by atoms with E-state index in [1.165, 1.54) is 12.8 Å². The van der Waals surface area contributed by atoms with Gasteiger partial charge in [0.15, 0.2) is 6.29 Å². The summed E-state index contributed by atoms with van der Waals surface area (Å²) in [6.07, 6.45) is 4.38. The third kappa shape index (κ3) is 1.78. The topological polar surface area (TPSA) is 57.8 Å². The van der Waals surface area contributed by atoms with Crippen LogP contribution in [0, 0.1) is 0 Å². The lowest BCUT2D eigenvalue weighted by Crippen LogP contribution is -2.26. The van der Waals surface area contributed by atoms with Crippen molar-refractivity contribution >= 4 is 6.29 Å². The highest BCUT2D eigenvalue weighted by Crippen LogP contribution is 2.20. The Balaban J connectivity index is 2.09. The van der Waals surface area contributed by atoms with Crippen molar-refractivity contribution in [3.05, 3.63) is 17.5 Å². The number of aldehydes is 1. The van der Waals surface area contributed by atoms with Crippen LogP contribution in [0.25, 0.3) is 0 Å². The highest BCUT2D eigenvalue weighted by atomic mass is 16.1. The van der Waals surface area contributed by atoms with E-state index < -0.39 is 0 Å². The minimum Gasteiger partial charge on any atom is -0.309 e. The predicted octanol–water partition coefficient (Wildman–Crippen LogP) is 1.04. The van der Waals surface area contributed by atoms with Crippen molar-refractivity contribution in [1.29, 1.82) is 0 Å². The molecule has 13 heavy (non-hydrogen) atoms. The lowest BCUT2D eigenvalue weighted by molar-refractivity contribution is 0.111. The fraction of sp³-hybridized carbons (Fsp3) is 0.556. The summed E-state index contributed by atoms with van der Waals surface area (Å²) in [6.45, 7) is 1.06.